The van der Waals surface area contributed by atoms with E-state index in [0.29, 0.717) is 5.92 Å². The molecule has 0 N–H and O–H groups in total. The Morgan fingerprint density at radius 2 is 2.20 bits per heavy atom. The fourth-order valence-corrected chi connectivity index (χ4v) is 2.17. The summed E-state index contributed by atoms with van der Waals surface area (Å²) in [6.07, 6.45) is 4.32. The molecule has 1 unspecified atom stereocenters. The normalized spacial score (nSPS) is 25.0. The Labute approximate surface area is 88.7 Å². The van der Waals surface area contributed by atoms with Gasteiger partial charge in [-0.3, -0.25) is 4.79 Å². The lowest BCUT2D eigenvalue weighted by atomic mass is 9.96. The summed E-state index contributed by atoms with van der Waals surface area (Å²) in [5, 5.41) is 4.50. The molecule has 2 aliphatic rings. The molecule has 1 aromatic rings. The maximum absolute atomic E-state index is 11.3. The zero-order chi connectivity index (χ0) is 10.4. The maximum atomic E-state index is 11.3. The molecule has 1 fully saturated rings. The highest BCUT2D eigenvalue weighted by molar-refractivity contribution is 5.78. The number of Topliss-reactive ketones (excluding diaryl/α,β-unsaturated/α-hetero) is 1. The van der Waals surface area contributed by atoms with Gasteiger partial charge in [0.15, 0.2) is 5.82 Å². The molecule has 0 saturated heterocycles. The Morgan fingerprint density at radius 1 is 1.40 bits per heavy atom. The van der Waals surface area contributed by atoms with Crippen LogP contribution in [0.15, 0.2) is 0 Å². The Morgan fingerprint density at radius 3 is 2.87 bits per heavy atom. The first kappa shape index (κ1) is 9.07. The molecule has 15 heavy (non-hydrogen) atoms. The van der Waals surface area contributed by atoms with E-state index in [1.165, 1.54) is 12.8 Å². The highest BCUT2D eigenvalue weighted by Gasteiger charge is 2.31. The number of carbonyl (C=O) groups excluding carboxylic acids is 1. The van der Waals surface area contributed by atoms with Crippen LogP contribution >= 0.6 is 0 Å². The summed E-state index contributed by atoms with van der Waals surface area (Å²) in [5.41, 5.74) is 0. The van der Waals surface area contributed by atoms with Gasteiger partial charge < -0.3 is 0 Å². The number of nitrogens with zero attached hydrogens (tertiary/aromatic N) is 3. The summed E-state index contributed by atoms with van der Waals surface area (Å²) in [5.74, 6) is 3.14. The zero-order valence-corrected chi connectivity index (χ0v) is 8.94. The van der Waals surface area contributed by atoms with Crippen LogP contribution in [0, 0.1) is 5.92 Å². The quantitative estimate of drug-likeness (QED) is 0.731. The van der Waals surface area contributed by atoms with Gasteiger partial charge in [-0.05, 0) is 26.2 Å². The van der Waals surface area contributed by atoms with Gasteiger partial charge in [0, 0.05) is 18.3 Å². The fourth-order valence-electron chi connectivity index (χ4n) is 2.17. The van der Waals surface area contributed by atoms with E-state index in [-0.39, 0.29) is 11.7 Å². The van der Waals surface area contributed by atoms with Crippen molar-refractivity contribution in [3.63, 3.8) is 0 Å². The van der Waals surface area contributed by atoms with Gasteiger partial charge in [-0.25, -0.2) is 9.67 Å². The zero-order valence-electron chi connectivity index (χ0n) is 8.94. The second kappa shape index (κ2) is 3.15. The molecule has 3 rings (SSSR count). The van der Waals surface area contributed by atoms with E-state index >= 15 is 0 Å². The van der Waals surface area contributed by atoms with Crippen LogP contribution < -0.4 is 0 Å². The Kier molecular flexibility index (Phi) is 1.90. The standard InChI is InChI=1S/C11H15N3O/c1-7(15)9-4-5-10-12-11(8-2-3-8)13-14(10)6-9/h8-9H,2-6H2,1H3. The number of hydrogen-bond acceptors (Lipinski definition) is 3. The molecule has 80 valence electrons. The van der Waals surface area contributed by atoms with Crippen molar-refractivity contribution in [3.8, 4) is 0 Å². The number of aromatic nitrogens is 3. The lowest BCUT2D eigenvalue weighted by Crippen LogP contribution is -2.26. The van der Waals surface area contributed by atoms with Gasteiger partial charge in [-0.15, -0.1) is 0 Å². The molecular weight excluding hydrogens is 190 g/mol. The smallest absolute Gasteiger partial charge is 0.154 e. The number of aryl methyl sites for hydroxylation is 1. The Bertz CT molecular complexity index is 406. The third-order valence-corrected chi connectivity index (χ3v) is 3.39. The monoisotopic (exact) mass is 205 g/mol. The molecule has 2 heterocycles. The largest absolute Gasteiger partial charge is 0.300 e. The summed E-state index contributed by atoms with van der Waals surface area (Å²) in [7, 11) is 0. The second-order valence-electron chi connectivity index (χ2n) is 4.69. The lowest BCUT2D eigenvalue weighted by molar-refractivity contribution is -0.121. The topological polar surface area (TPSA) is 47.8 Å². The lowest BCUT2D eigenvalue weighted by Gasteiger charge is -2.19. The third-order valence-electron chi connectivity index (χ3n) is 3.39. The summed E-state index contributed by atoms with van der Waals surface area (Å²) in [6, 6.07) is 0. The average molecular weight is 205 g/mol. The van der Waals surface area contributed by atoms with Crippen LogP contribution in [0.2, 0.25) is 0 Å². The average Bonchev–Trinajstić information content (AvgIpc) is 2.97. The van der Waals surface area contributed by atoms with Crippen molar-refractivity contribution < 1.29 is 4.79 Å². The van der Waals surface area contributed by atoms with Crippen LogP contribution in [-0.2, 0) is 17.8 Å². The Balaban J connectivity index is 1.85. The van der Waals surface area contributed by atoms with Crippen molar-refractivity contribution in [2.24, 2.45) is 5.92 Å². The highest BCUT2D eigenvalue weighted by atomic mass is 16.1. The van der Waals surface area contributed by atoms with Crippen molar-refractivity contribution in [3.05, 3.63) is 11.6 Å². The summed E-state index contributed by atoms with van der Waals surface area (Å²) in [6.45, 7) is 2.42. The fraction of sp³-hybridized carbons (Fsp3) is 0.727. The molecule has 1 saturated carbocycles. The van der Waals surface area contributed by atoms with Crippen LogP contribution in [0.5, 0.6) is 0 Å². The van der Waals surface area contributed by atoms with Gasteiger partial charge in [0.25, 0.3) is 0 Å². The molecule has 0 bridgehead atoms. The molecule has 0 amide bonds. The molecule has 0 radical (unpaired) electrons. The number of ketones is 1. The first-order valence-electron chi connectivity index (χ1n) is 5.68. The van der Waals surface area contributed by atoms with Crippen molar-refractivity contribution in [1.29, 1.82) is 0 Å². The van der Waals surface area contributed by atoms with Crippen molar-refractivity contribution in [1.82, 2.24) is 14.8 Å². The molecule has 4 heteroatoms. The summed E-state index contributed by atoms with van der Waals surface area (Å²) >= 11 is 0. The van der Waals surface area contributed by atoms with Gasteiger partial charge in [0.2, 0.25) is 0 Å². The molecule has 1 aliphatic carbocycles. The SMILES string of the molecule is CC(=O)C1CCc2nc(C3CC3)nn2C1. The first-order valence-corrected chi connectivity index (χ1v) is 5.68. The van der Waals surface area contributed by atoms with E-state index in [2.05, 4.69) is 10.1 Å². The summed E-state index contributed by atoms with van der Waals surface area (Å²) in [4.78, 5) is 15.8. The van der Waals surface area contributed by atoms with Gasteiger partial charge in [-0.2, -0.15) is 5.10 Å². The minimum Gasteiger partial charge on any atom is -0.300 e. The van der Waals surface area contributed by atoms with Crippen LogP contribution in [0.1, 0.15) is 43.8 Å². The van der Waals surface area contributed by atoms with E-state index in [4.69, 9.17) is 0 Å². The molecule has 1 aliphatic heterocycles. The van der Waals surface area contributed by atoms with Crippen molar-refractivity contribution >= 4 is 5.78 Å². The van der Waals surface area contributed by atoms with Crippen LogP contribution in [0.4, 0.5) is 0 Å². The van der Waals surface area contributed by atoms with Crippen molar-refractivity contribution in [2.75, 3.05) is 0 Å². The Hall–Kier alpha value is -1.19. The molecule has 0 spiro atoms. The maximum Gasteiger partial charge on any atom is 0.154 e. The third kappa shape index (κ3) is 1.58. The van der Waals surface area contributed by atoms with E-state index in [1.54, 1.807) is 6.92 Å². The van der Waals surface area contributed by atoms with Crippen LogP contribution in [0.3, 0.4) is 0 Å². The first-order chi connectivity index (χ1) is 7.24. The van der Waals surface area contributed by atoms with Crippen LogP contribution in [-0.4, -0.2) is 20.5 Å². The van der Waals surface area contributed by atoms with Gasteiger partial charge in [0.05, 0.1) is 6.54 Å². The van der Waals surface area contributed by atoms with E-state index in [0.717, 1.165) is 31.0 Å². The minimum absolute atomic E-state index is 0.159. The van der Waals surface area contributed by atoms with E-state index in [1.807, 2.05) is 4.68 Å². The van der Waals surface area contributed by atoms with Gasteiger partial charge in [-0.1, -0.05) is 0 Å². The molecular formula is C11H15N3O. The van der Waals surface area contributed by atoms with E-state index < -0.39 is 0 Å². The molecule has 1 atom stereocenters. The minimum atomic E-state index is 0.159. The molecule has 0 aromatic carbocycles. The van der Waals surface area contributed by atoms with Gasteiger partial charge >= 0.3 is 0 Å². The number of hydrogen-bond donors (Lipinski definition) is 0. The second-order valence-corrected chi connectivity index (χ2v) is 4.69. The number of fused-ring (bicyclic) bond motifs is 1. The number of rotatable bonds is 2. The predicted molar refractivity (Wildman–Crippen MR) is 54.5 cm³/mol. The van der Waals surface area contributed by atoms with Crippen molar-refractivity contribution in [2.45, 2.75) is 45.1 Å². The van der Waals surface area contributed by atoms with E-state index in [9.17, 15) is 4.79 Å². The number of carbonyl (C=O) groups is 1. The van der Waals surface area contributed by atoms with Gasteiger partial charge in [0.1, 0.15) is 11.6 Å². The molecule has 4 nitrogen and oxygen atoms in total. The predicted octanol–water partition coefficient (Wildman–Crippen LogP) is 1.31. The highest BCUT2D eigenvalue weighted by Crippen LogP contribution is 2.38. The molecule has 1 aromatic heterocycles. The van der Waals surface area contributed by atoms with Crippen LogP contribution in [0.25, 0.3) is 0 Å². The summed E-state index contributed by atoms with van der Waals surface area (Å²) < 4.78 is 1.95.